The fourth-order valence-electron chi connectivity index (χ4n) is 6.71. The smallest absolute Gasteiger partial charge is 0.400 e. The highest BCUT2D eigenvalue weighted by molar-refractivity contribution is 5.30. The Bertz CT molecular complexity index is 755. The van der Waals surface area contributed by atoms with Gasteiger partial charge in [0.25, 0.3) is 0 Å². The minimum atomic E-state index is -3.48. The lowest BCUT2D eigenvalue weighted by molar-refractivity contribution is -0.225. The van der Waals surface area contributed by atoms with Crippen LogP contribution in [0, 0.1) is 54.1 Å². The van der Waals surface area contributed by atoms with Crippen molar-refractivity contribution in [3.05, 3.63) is 29.3 Å². The van der Waals surface area contributed by atoms with Crippen LogP contribution in [0.1, 0.15) is 89.5 Å². The Morgan fingerprint density at radius 3 is 1.62 bits per heavy atom. The molecule has 3 fully saturated rings. The largest absolute Gasteiger partial charge is 0.429 e. The van der Waals surface area contributed by atoms with Crippen LogP contribution in [0.3, 0.4) is 0 Å². The molecule has 1 aromatic rings. The van der Waals surface area contributed by atoms with E-state index >= 15 is 0 Å². The second-order valence-electron chi connectivity index (χ2n) is 11.0. The molecule has 0 amide bonds. The highest BCUT2D eigenvalue weighted by atomic mass is 19.3. The van der Waals surface area contributed by atoms with Gasteiger partial charge in [-0.1, -0.05) is 25.8 Å². The summed E-state index contributed by atoms with van der Waals surface area (Å²) in [6.07, 6.45) is 9.49. The number of hydrogen-bond donors (Lipinski definition) is 0. The van der Waals surface area contributed by atoms with E-state index in [9.17, 15) is 17.6 Å². The highest BCUT2D eigenvalue weighted by Gasteiger charge is 2.46. The molecule has 0 saturated heterocycles. The van der Waals surface area contributed by atoms with Crippen LogP contribution in [0.15, 0.2) is 12.1 Å². The van der Waals surface area contributed by atoms with Gasteiger partial charge < -0.3 is 4.74 Å². The molecule has 0 heterocycles. The van der Waals surface area contributed by atoms with Crippen LogP contribution in [0.4, 0.5) is 17.6 Å². The normalized spacial score (nSPS) is 34.3. The van der Waals surface area contributed by atoms with Gasteiger partial charge >= 0.3 is 6.11 Å². The summed E-state index contributed by atoms with van der Waals surface area (Å²) in [7, 11) is 0. The fraction of sp³-hybridized carbons (Fsp3) is 0.778. The fourth-order valence-corrected chi connectivity index (χ4v) is 6.71. The first-order chi connectivity index (χ1) is 15.2. The van der Waals surface area contributed by atoms with Gasteiger partial charge in [-0.15, -0.1) is 0 Å². The molecule has 0 aromatic heterocycles. The van der Waals surface area contributed by atoms with Crippen molar-refractivity contribution in [3.8, 4) is 5.75 Å². The van der Waals surface area contributed by atoms with Crippen molar-refractivity contribution < 1.29 is 22.3 Å². The van der Waals surface area contributed by atoms with Gasteiger partial charge in [-0.05, 0) is 112 Å². The lowest BCUT2D eigenvalue weighted by atomic mass is 9.65. The van der Waals surface area contributed by atoms with Crippen molar-refractivity contribution in [2.45, 2.75) is 97.0 Å². The molecule has 0 N–H and O–H groups in total. The molecular weight excluding hydrogens is 416 g/mol. The molecule has 5 heteroatoms. The van der Waals surface area contributed by atoms with Gasteiger partial charge in [0.05, 0.1) is 5.92 Å². The van der Waals surface area contributed by atoms with E-state index in [2.05, 4.69) is 6.92 Å². The topological polar surface area (TPSA) is 9.23 Å². The molecule has 0 atom stereocenters. The molecule has 0 unspecified atom stereocenters. The predicted octanol–water partition coefficient (Wildman–Crippen LogP) is 8.68. The molecule has 1 aromatic carbocycles. The Hall–Kier alpha value is -1.26. The van der Waals surface area contributed by atoms with E-state index in [1.54, 1.807) is 0 Å². The maximum Gasteiger partial charge on any atom is 0.400 e. The second-order valence-corrected chi connectivity index (χ2v) is 11.0. The van der Waals surface area contributed by atoms with Gasteiger partial charge in [-0.2, -0.15) is 13.2 Å². The van der Waals surface area contributed by atoms with Gasteiger partial charge in [0.1, 0.15) is 0 Å². The summed E-state index contributed by atoms with van der Waals surface area (Å²) in [5.41, 5.74) is 0.0754. The Kier molecular flexibility index (Phi) is 7.41. The van der Waals surface area contributed by atoms with E-state index in [4.69, 9.17) is 4.74 Å². The number of ether oxygens (including phenoxy) is 1. The number of alkyl halides is 2. The first-order valence-electron chi connectivity index (χ1n) is 12.8. The zero-order valence-corrected chi connectivity index (χ0v) is 19.5. The monoisotopic (exact) mass is 454 g/mol. The minimum Gasteiger partial charge on any atom is -0.429 e. The molecule has 0 spiro atoms. The van der Waals surface area contributed by atoms with Gasteiger partial charge in [-0.25, -0.2) is 4.39 Å². The first-order valence-corrected chi connectivity index (χ1v) is 12.8. The van der Waals surface area contributed by atoms with Crippen molar-refractivity contribution in [2.75, 3.05) is 0 Å². The van der Waals surface area contributed by atoms with Crippen LogP contribution >= 0.6 is 0 Å². The molecule has 180 valence electrons. The van der Waals surface area contributed by atoms with E-state index in [0.29, 0.717) is 24.7 Å². The Morgan fingerprint density at radius 2 is 1.12 bits per heavy atom. The molecule has 0 aliphatic heterocycles. The van der Waals surface area contributed by atoms with Crippen molar-refractivity contribution in [1.29, 1.82) is 0 Å². The summed E-state index contributed by atoms with van der Waals surface area (Å²) in [6, 6.07) is 2.36. The molecule has 3 aliphatic carbocycles. The molecule has 3 saturated carbocycles. The summed E-state index contributed by atoms with van der Waals surface area (Å²) in [5, 5.41) is 0. The molecule has 0 bridgehead atoms. The van der Waals surface area contributed by atoms with E-state index in [-0.39, 0.29) is 5.56 Å². The van der Waals surface area contributed by atoms with E-state index in [1.807, 2.05) is 0 Å². The standard InChI is InChI=1S/C27H38F4O/c1-17-3-6-19(7-4-17)20-8-10-21(11-9-20)22-12-14-23(15-13-22)27(30,31)32-24-16-5-18(2)25(28)26(24)29/h5,16-17,19-23H,3-4,6-15H2,1-2H3. The quantitative estimate of drug-likeness (QED) is 0.404. The third-order valence-electron chi connectivity index (χ3n) is 8.94. The summed E-state index contributed by atoms with van der Waals surface area (Å²) in [6.45, 7) is 3.76. The summed E-state index contributed by atoms with van der Waals surface area (Å²) in [4.78, 5) is 0. The summed E-state index contributed by atoms with van der Waals surface area (Å²) in [5.74, 6) is -0.248. The van der Waals surface area contributed by atoms with E-state index < -0.39 is 29.4 Å². The van der Waals surface area contributed by atoms with Crippen molar-refractivity contribution >= 4 is 0 Å². The number of benzene rings is 1. The van der Waals surface area contributed by atoms with Gasteiger partial charge in [0, 0.05) is 0 Å². The van der Waals surface area contributed by atoms with Crippen LogP contribution < -0.4 is 4.74 Å². The Balaban J connectivity index is 1.25. The van der Waals surface area contributed by atoms with Crippen LogP contribution in [0.25, 0.3) is 0 Å². The zero-order valence-electron chi connectivity index (χ0n) is 19.5. The molecular formula is C27H38F4O. The molecule has 4 rings (SSSR count). The lowest BCUT2D eigenvalue weighted by Crippen LogP contribution is -2.38. The van der Waals surface area contributed by atoms with Crippen molar-refractivity contribution in [1.82, 2.24) is 0 Å². The van der Waals surface area contributed by atoms with E-state index in [0.717, 1.165) is 36.7 Å². The zero-order chi connectivity index (χ0) is 22.9. The van der Waals surface area contributed by atoms with Gasteiger partial charge in [0.15, 0.2) is 11.6 Å². The Morgan fingerprint density at radius 1 is 0.688 bits per heavy atom. The average Bonchev–Trinajstić information content (AvgIpc) is 2.80. The van der Waals surface area contributed by atoms with Crippen LogP contribution in [0.5, 0.6) is 5.75 Å². The van der Waals surface area contributed by atoms with Gasteiger partial charge in [0.2, 0.25) is 5.82 Å². The predicted molar refractivity (Wildman–Crippen MR) is 119 cm³/mol. The number of rotatable bonds is 5. The molecule has 32 heavy (non-hydrogen) atoms. The van der Waals surface area contributed by atoms with Gasteiger partial charge in [-0.3, -0.25) is 0 Å². The number of hydrogen-bond acceptors (Lipinski definition) is 1. The van der Waals surface area contributed by atoms with Crippen molar-refractivity contribution in [3.63, 3.8) is 0 Å². The second kappa shape index (κ2) is 9.93. The summed E-state index contributed by atoms with van der Waals surface area (Å²) < 4.78 is 62.0. The molecule has 0 radical (unpaired) electrons. The average molecular weight is 455 g/mol. The van der Waals surface area contributed by atoms with Crippen LogP contribution in [-0.2, 0) is 0 Å². The third kappa shape index (κ3) is 5.28. The van der Waals surface area contributed by atoms with Crippen LogP contribution in [-0.4, -0.2) is 6.11 Å². The highest BCUT2D eigenvalue weighted by Crippen LogP contribution is 2.48. The number of halogens is 4. The maximum atomic E-state index is 14.8. The molecule has 1 nitrogen and oxygen atoms in total. The van der Waals surface area contributed by atoms with E-state index in [1.165, 1.54) is 64.4 Å². The Labute approximate surface area is 190 Å². The number of aryl methyl sites for hydroxylation is 1. The van der Waals surface area contributed by atoms with Crippen LogP contribution in [0.2, 0.25) is 0 Å². The maximum absolute atomic E-state index is 14.8. The third-order valence-corrected chi connectivity index (χ3v) is 8.94. The lowest BCUT2D eigenvalue weighted by Gasteiger charge is -2.41. The summed E-state index contributed by atoms with van der Waals surface area (Å²) >= 11 is 0. The SMILES string of the molecule is Cc1ccc(OC(F)(F)C2CCC(C3CCC(C4CCC(C)CC4)CC3)CC2)c(F)c1F. The minimum absolute atomic E-state index is 0.0754. The molecule has 3 aliphatic rings. The van der Waals surface area contributed by atoms with Crippen molar-refractivity contribution in [2.24, 2.45) is 35.5 Å². The first kappa shape index (κ1) is 23.9.